The number of amides is 1. The lowest BCUT2D eigenvalue weighted by Crippen LogP contribution is -2.17. The molecule has 0 bridgehead atoms. The van der Waals surface area contributed by atoms with Crippen LogP contribution in [0.2, 0.25) is 0 Å². The van der Waals surface area contributed by atoms with E-state index in [1.54, 1.807) is 36.4 Å². The molecule has 6 nitrogen and oxygen atoms in total. The normalized spacial score (nSPS) is 10.8. The summed E-state index contributed by atoms with van der Waals surface area (Å²) < 4.78 is 5.10. The number of hydrogen-bond donors (Lipinski definition) is 2. The molecule has 0 radical (unpaired) electrons. The van der Waals surface area contributed by atoms with Gasteiger partial charge in [0.1, 0.15) is 5.75 Å². The summed E-state index contributed by atoms with van der Waals surface area (Å²) >= 11 is 0. The van der Waals surface area contributed by atoms with Crippen molar-refractivity contribution < 1.29 is 19.4 Å². The summed E-state index contributed by atoms with van der Waals surface area (Å²) in [6, 6.07) is 20.0. The number of ether oxygens (including phenoxy) is 1. The lowest BCUT2D eigenvalue weighted by Gasteiger charge is -2.04. The van der Waals surface area contributed by atoms with Crippen LogP contribution in [0.3, 0.4) is 0 Å². The smallest absolute Gasteiger partial charge is 0.341 e. The Balaban J connectivity index is 1.64. The Bertz CT molecular complexity index is 982. The molecule has 0 aromatic heterocycles. The molecule has 0 spiro atoms. The molecule has 130 valence electrons. The van der Waals surface area contributed by atoms with E-state index in [0.29, 0.717) is 16.9 Å². The third-order valence-electron chi connectivity index (χ3n) is 3.61. The fourth-order valence-corrected chi connectivity index (χ4v) is 2.39. The van der Waals surface area contributed by atoms with Gasteiger partial charge in [0.05, 0.1) is 6.21 Å². The van der Waals surface area contributed by atoms with Crippen molar-refractivity contribution in [2.75, 3.05) is 6.61 Å². The van der Waals surface area contributed by atoms with Crippen molar-refractivity contribution in [1.82, 2.24) is 5.43 Å². The number of fused-ring (bicyclic) bond motifs is 1. The largest absolute Gasteiger partial charge is 0.482 e. The molecule has 26 heavy (non-hydrogen) atoms. The molecule has 2 N–H and O–H groups in total. The number of nitrogens with zero attached hydrogens (tertiary/aromatic N) is 1. The molecule has 0 aliphatic heterocycles. The number of carboxylic acid groups (broad SMARTS) is 1. The van der Waals surface area contributed by atoms with Gasteiger partial charge in [-0.25, -0.2) is 10.2 Å². The first kappa shape index (κ1) is 17.2. The summed E-state index contributed by atoms with van der Waals surface area (Å²) in [7, 11) is 0. The van der Waals surface area contributed by atoms with Crippen LogP contribution in [-0.2, 0) is 4.79 Å². The molecule has 3 aromatic carbocycles. The van der Waals surface area contributed by atoms with Gasteiger partial charge in [-0.3, -0.25) is 4.79 Å². The minimum Gasteiger partial charge on any atom is -0.482 e. The van der Waals surface area contributed by atoms with Crippen LogP contribution in [0.1, 0.15) is 15.9 Å². The predicted molar refractivity (Wildman–Crippen MR) is 98.6 cm³/mol. The second kappa shape index (κ2) is 7.94. The van der Waals surface area contributed by atoms with Crippen LogP contribution in [0.4, 0.5) is 0 Å². The first-order chi connectivity index (χ1) is 12.6. The van der Waals surface area contributed by atoms with Gasteiger partial charge in [0.15, 0.2) is 6.61 Å². The van der Waals surface area contributed by atoms with Gasteiger partial charge in [0, 0.05) is 5.56 Å². The highest BCUT2D eigenvalue weighted by molar-refractivity contribution is 5.99. The number of carboxylic acids is 1. The van der Waals surface area contributed by atoms with Crippen LogP contribution in [0.5, 0.6) is 5.75 Å². The van der Waals surface area contributed by atoms with Gasteiger partial charge in [-0.15, -0.1) is 0 Å². The Kier molecular flexibility index (Phi) is 5.24. The highest BCUT2D eigenvalue weighted by Gasteiger charge is 2.05. The Morgan fingerprint density at radius 1 is 1.00 bits per heavy atom. The number of benzene rings is 3. The Morgan fingerprint density at radius 3 is 2.62 bits per heavy atom. The van der Waals surface area contributed by atoms with Crippen molar-refractivity contribution in [3.63, 3.8) is 0 Å². The number of nitrogens with one attached hydrogen (secondary N) is 1. The Labute approximate surface area is 149 Å². The lowest BCUT2D eigenvalue weighted by atomic mass is 10.1. The van der Waals surface area contributed by atoms with Gasteiger partial charge in [0.2, 0.25) is 0 Å². The van der Waals surface area contributed by atoms with E-state index < -0.39 is 12.6 Å². The lowest BCUT2D eigenvalue weighted by molar-refractivity contribution is -0.139. The molecule has 6 heteroatoms. The van der Waals surface area contributed by atoms with E-state index >= 15 is 0 Å². The first-order valence-electron chi connectivity index (χ1n) is 7.89. The SMILES string of the molecule is O=C(O)COc1cccc(/C=N\NC(=O)c2ccc3ccccc3c2)c1. The monoisotopic (exact) mass is 348 g/mol. The van der Waals surface area contributed by atoms with Crippen LogP contribution < -0.4 is 10.2 Å². The van der Waals surface area contributed by atoms with Crippen LogP contribution >= 0.6 is 0 Å². The van der Waals surface area contributed by atoms with Crippen molar-refractivity contribution in [1.29, 1.82) is 0 Å². The third kappa shape index (κ3) is 4.45. The topological polar surface area (TPSA) is 88.0 Å². The number of hydrazone groups is 1. The minimum atomic E-state index is -1.05. The number of carbonyl (C=O) groups excluding carboxylic acids is 1. The van der Waals surface area contributed by atoms with Crippen molar-refractivity contribution in [3.05, 3.63) is 77.9 Å². The predicted octanol–water partition coefficient (Wildman–Crippen LogP) is 3.07. The summed E-state index contributed by atoms with van der Waals surface area (Å²) in [5.74, 6) is -0.950. The number of hydrogen-bond acceptors (Lipinski definition) is 4. The number of rotatable bonds is 6. The molecule has 0 heterocycles. The van der Waals surface area contributed by atoms with Crippen LogP contribution in [-0.4, -0.2) is 29.8 Å². The van der Waals surface area contributed by atoms with Gasteiger partial charge in [-0.2, -0.15) is 5.10 Å². The minimum absolute atomic E-state index is 0.315. The zero-order valence-electron chi connectivity index (χ0n) is 13.8. The van der Waals surface area contributed by atoms with Gasteiger partial charge in [-0.1, -0.05) is 42.5 Å². The molecule has 0 unspecified atom stereocenters. The molecular weight excluding hydrogens is 332 g/mol. The van der Waals surface area contributed by atoms with Gasteiger partial charge >= 0.3 is 5.97 Å². The highest BCUT2D eigenvalue weighted by atomic mass is 16.5. The van der Waals surface area contributed by atoms with Gasteiger partial charge in [0.25, 0.3) is 5.91 Å². The van der Waals surface area contributed by atoms with E-state index in [1.807, 2.05) is 30.3 Å². The van der Waals surface area contributed by atoms with E-state index in [0.717, 1.165) is 10.8 Å². The van der Waals surface area contributed by atoms with Crippen molar-refractivity contribution in [2.24, 2.45) is 5.10 Å². The van der Waals surface area contributed by atoms with E-state index in [9.17, 15) is 9.59 Å². The molecule has 0 saturated carbocycles. The molecule has 0 aliphatic rings. The van der Waals surface area contributed by atoms with Crippen LogP contribution in [0.15, 0.2) is 71.8 Å². The standard InChI is InChI=1S/C20H16N2O4/c23-19(24)13-26-18-7-3-4-14(10-18)12-21-22-20(25)17-9-8-15-5-1-2-6-16(15)11-17/h1-12H,13H2,(H,22,25)(H,23,24)/b21-12-. The van der Waals surface area contributed by atoms with E-state index in [2.05, 4.69) is 10.5 Å². The summed E-state index contributed by atoms with van der Waals surface area (Å²) in [5, 5.41) is 14.6. The summed E-state index contributed by atoms with van der Waals surface area (Å²) in [5.41, 5.74) is 3.66. The van der Waals surface area contributed by atoms with Crippen LogP contribution in [0.25, 0.3) is 10.8 Å². The third-order valence-corrected chi connectivity index (χ3v) is 3.61. The highest BCUT2D eigenvalue weighted by Crippen LogP contribution is 2.15. The second-order valence-corrected chi connectivity index (χ2v) is 5.52. The number of carbonyl (C=O) groups is 2. The summed E-state index contributed by atoms with van der Waals surface area (Å²) in [6.07, 6.45) is 1.46. The molecule has 1 amide bonds. The quantitative estimate of drug-likeness (QED) is 0.529. The van der Waals surface area contributed by atoms with Crippen molar-refractivity contribution in [2.45, 2.75) is 0 Å². The van der Waals surface area contributed by atoms with Crippen LogP contribution in [0, 0.1) is 0 Å². The summed E-state index contributed by atoms with van der Waals surface area (Å²) in [4.78, 5) is 22.7. The molecule has 0 saturated heterocycles. The fourth-order valence-electron chi connectivity index (χ4n) is 2.39. The summed E-state index contributed by atoms with van der Waals surface area (Å²) in [6.45, 7) is -0.417. The molecule has 3 rings (SSSR count). The fraction of sp³-hybridized carbons (Fsp3) is 0.0500. The van der Waals surface area contributed by atoms with Gasteiger partial charge in [-0.05, 0) is 40.6 Å². The van der Waals surface area contributed by atoms with Gasteiger partial charge < -0.3 is 9.84 Å². The van der Waals surface area contributed by atoms with Crippen molar-refractivity contribution in [3.8, 4) is 5.75 Å². The van der Waals surface area contributed by atoms with E-state index in [4.69, 9.17) is 9.84 Å². The maximum atomic E-state index is 12.2. The average Bonchev–Trinajstić information content (AvgIpc) is 2.66. The maximum absolute atomic E-state index is 12.2. The van der Waals surface area contributed by atoms with E-state index in [1.165, 1.54) is 6.21 Å². The maximum Gasteiger partial charge on any atom is 0.341 e. The Hall–Kier alpha value is -3.67. The first-order valence-corrected chi connectivity index (χ1v) is 7.89. The second-order valence-electron chi connectivity index (χ2n) is 5.52. The molecule has 0 atom stereocenters. The molecule has 3 aromatic rings. The molecular formula is C20H16N2O4. The zero-order chi connectivity index (χ0) is 18.4. The van der Waals surface area contributed by atoms with E-state index in [-0.39, 0.29) is 5.91 Å². The molecule has 0 aliphatic carbocycles. The molecule has 0 fully saturated rings. The number of aliphatic carboxylic acids is 1. The average molecular weight is 348 g/mol. The van der Waals surface area contributed by atoms with Crippen molar-refractivity contribution >= 4 is 28.9 Å². The zero-order valence-corrected chi connectivity index (χ0v) is 13.8. The Morgan fingerprint density at radius 2 is 1.81 bits per heavy atom.